The lowest BCUT2D eigenvalue weighted by Crippen LogP contribution is -2.29. The summed E-state index contributed by atoms with van der Waals surface area (Å²) in [4.78, 5) is 30.0. The van der Waals surface area contributed by atoms with Crippen molar-refractivity contribution < 1.29 is 54.1 Å². The fourth-order valence-corrected chi connectivity index (χ4v) is 6.17. The van der Waals surface area contributed by atoms with Crippen LogP contribution in [0.3, 0.4) is 0 Å². The van der Waals surface area contributed by atoms with Crippen molar-refractivity contribution in [2.75, 3.05) is 39.3 Å². The fourth-order valence-electron chi connectivity index (χ4n) is 6.17. The summed E-state index contributed by atoms with van der Waals surface area (Å²) in [5, 5.41) is 66.9. The molecule has 0 spiro atoms. The van der Waals surface area contributed by atoms with Gasteiger partial charge in [-0.25, -0.2) is 0 Å². The van der Waals surface area contributed by atoms with Crippen molar-refractivity contribution in [2.45, 2.75) is 33.2 Å². The van der Waals surface area contributed by atoms with Gasteiger partial charge in [0.15, 0.2) is 23.0 Å². The molecule has 7 rings (SSSR count). The molecule has 59 heavy (non-hydrogen) atoms. The van der Waals surface area contributed by atoms with Gasteiger partial charge in [-0.15, -0.1) is 48.8 Å². The number of nitrogens with zero attached hydrogens (tertiary/aromatic N) is 1. The summed E-state index contributed by atoms with van der Waals surface area (Å²) in [6.07, 6.45) is 5.88. The van der Waals surface area contributed by atoms with Crippen molar-refractivity contribution in [3.05, 3.63) is 93.1 Å². The van der Waals surface area contributed by atoms with Crippen LogP contribution in [0.5, 0.6) is 46.0 Å². The van der Waals surface area contributed by atoms with Gasteiger partial charge in [-0.1, -0.05) is 60.7 Å². The Labute approximate surface area is 383 Å². The van der Waals surface area contributed by atoms with Gasteiger partial charge in [0.2, 0.25) is 22.4 Å². The number of hydrogen-bond acceptors (Lipinski definition) is 14. The number of benzene rings is 4. The normalized spacial score (nSPS) is 11.6. The SMILES string of the molecule is C.CI.CO.COc1c(O)c(CN2CCCCC2)c2occ(-c3ccc(O)cc3)c(=O)c2c1O.COc1c(O)cc2occ(-c3ccc(O)cc3)c(=O)c2c1O.Cl.Cl.I. The zero-order valence-corrected chi connectivity index (χ0v) is 37.8. The number of methoxy groups -OCH3 is 2. The number of aliphatic hydroxyl groups is 1. The topological polar surface area (TPSA) is 224 Å². The second-order valence-corrected chi connectivity index (χ2v) is 12.0. The summed E-state index contributed by atoms with van der Waals surface area (Å²) < 4.78 is 21.2. The number of aromatic hydroxyl groups is 6. The summed E-state index contributed by atoms with van der Waals surface area (Å²) in [7, 11) is 3.60. The van der Waals surface area contributed by atoms with Crippen molar-refractivity contribution >= 4 is 93.3 Å². The molecular weight excluding hydrogens is 1040 g/mol. The standard InChI is InChI=1S/C22H23NO6.C16H12O6.CH3I.CH4O.CH4.2ClH.HI/c1-28-22-19(26)15(11-23-9-3-2-4-10-23)21-17(20(22)27)18(25)16(12-29-21)13-5-7-14(24)8-6-13;1-21-16-11(18)6-12-13(15(16)20)14(19)10(7-22-12)8-2-4-9(17)5-3-8;2*1-2;;;;/h5-8,12,24,26-27H,2-4,9-11H2,1H3;2-7,17-18,20H,1H3;1H3;2H,1H3;1H4;3*1H. The number of likely N-dealkylation sites (tertiary alicyclic amines) is 1. The molecule has 14 nitrogen and oxygen atoms in total. The van der Waals surface area contributed by atoms with Crippen LogP contribution in [-0.2, 0) is 6.54 Å². The molecule has 0 saturated carbocycles. The molecule has 1 aliphatic rings. The van der Waals surface area contributed by atoms with E-state index in [4.69, 9.17) is 23.4 Å². The molecule has 324 valence electrons. The van der Waals surface area contributed by atoms with Crippen molar-refractivity contribution in [3.8, 4) is 68.2 Å². The quantitative estimate of drug-likeness (QED) is 0.0611. The number of aliphatic hydroxyl groups excluding tert-OH is 1. The molecule has 0 atom stereocenters. The first kappa shape index (κ1) is 54.7. The smallest absolute Gasteiger partial charge is 0.204 e. The van der Waals surface area contributed by atoms with E-state index in [-0.39, 0.29) is 124 Å². The molecule has 4 aromatic carbocycles. The van der Waals surface area contributed by atoms with Gasteiger partial charge in [0.25, 0.3) is 0 Å². The Morgan fingerprint density at radius 2 is 1.10 bits per heavy atom. The molecule has 1 saturated heterocycles. The molecule has 18 heteroatoms. The highest BCUT2D eigenvalue weighted by Gasteiger charge is 2.27. The van der Waals surface area contributed by atoms with Gasteiger partial charge in [0.05, 0.1) is 30.9 Å². The summed E-state index contributed by atoms with van der Waals surface area (Å²) in [6.45, 7) is 2.17. The molecule has 2 aromatic heterocycles. The minimum atomic E-state index is -0.480. The second-order valence-electron chi connectivity index (χ2n) is 12.0. The Balaban J connectivity index is 0.00000102. The fraction of sp³-hybridized carbons (Fsp3) is 0.268. The van der Waals surface area contributed by atoms with E-state index >= 15 is 0 Å². The molecule has 0 radical (unpaired) electrons. The van der Waals surface area contributed by atoms with Crippen LogP contribution in [0.1, 0.15) is 32.3 Å². The molecule has 0 amide bonds. The Morgan fingerprint density at radius 3 is 1.58 bits per heavy atom. The van der Waals surface area contributed by atoms with Gasteiger partial charge in [-0.2, -0.15) is 0 Å². The van der Waals surface area contributed by atoms with Crippen LogP contribution in [0.15, 0.2) is 85.5 Å². The lowest BCUT2D eigenvalue weighted by atomic mass is 10.0. The van der Waals surface area contributed by atoms with Crippen LogP contribution >= 0.6 is 71.4 Å². The first-order valence-electron chi connectivity index (χ1n) is 16.8. The summed E-state index contributed by atoms with van der Waals surface area (Å²) in [5.74, 6) is -1.65. The molecule has 0 aliphatic carbocycles. The van der Waals surface area contributed by atoms with E-state index in [0.717, 1.165) is 33.0 Å². The number of alkyl halides is 1. The predicted octanol–water partition coefficient (Wildman–Crippen LogP) is 8.91. The van der Waals surface area contributed by atoms with Gasteiger partial charge >= 0.3 is 0 Å². The number of hydrogen-bond donors (Lipinski definition) is 7. The second kappa shape index (κ2) is 25.3. The Bertz CT molecular complexity index is 2370. The Kier molecular flexibility index (Phi) is 23.5. The number of phenols is 6. The highest BCUT2D eigenvalue weighted by molar-refractivity contribution is 14.1. The van der Waals surface area contributed by atoms with Crippen molar-refractivity contribution in [3.63, 3.8) is 0 Å². The summed E-state index contributed by atoms with van der Waals surface area (Å²) in [6, 6.07) is 13.3. The third-order valence-electron chi connectivity index (χ3n) is 8.79. The zero-order valence-electron chi connectivity index (χ0n) is 31.7. The highest BCUT2D eigenvalue weighted by Crippen LogP contribution is 2.46. The minimum Gasteiger partial charge on any atom is -0.508 e. The van der Waals surface area contributed by atoms with E-state index in [1.54, 1.807) is 24.3 Å². The van der Waals surface area contributed by atoms with Crippen LogP contribution in [0.25, 0.3) is 44.2 Å². The zero-order chi connectivity index (χ0) is 40.4. The maximum Gasteiger partial charge on any atom is 0.204 e. The van der Waals surface area contributed by atoms with E-state index in [9.17, 15) is 40.2 Å². The third-order valence-corrected chi connectivity index (χ3v) is 8.79. The molecule has 1 fully saturated rings. The third kappa shape index (κ3) is 11.9. The number of fused-ring (bicyclic) bond motifs is 2. The largest absolute Gasteiger partial charge is 0.508 e. The first-order valence-corrected chi connectivity index (χ1v) is 18.9. The molecule has 7 N–H and O–H groups in total. The first-order chi connectivity index (χ1) is 26.5. The predicted molar refractivity (Wildman–Crippen MR) is 253 cm³/mol. The van der Waals surface area contributed by atoms with Gasteiger partial charge in [-0.05, 0) is 66.3 Å². The average Bonchev–Trinajstić information content (AvgIpc) is 3.20. The molecule has 6 aromatic rings. The van der Waals surface area contributed by atoms with E-state index in [1.807, 2.05) is 4.93 Å². The molecular formula is C41H49Cl2I2NO13. The van der Waals surface area contributed by atoms with E-state index in [0.29, 0.717) is 23.2 Å². The Morgan fingerprint density at radius 1 is 0.661 bits per heavy atom. The molecule has 0 unspecified atom stereocenters. The number of halogens is 4. The Hall–Kier alpha value is -4.34. The van der Waals surface area contributed by atoms with Gasteiger partial charge in [0.1, 0.15) is 46.0 Å². The van der Waals surface area contributed by atoms with Crippen LogP contribution in [0.2, 0.25) is 0 Å². The van der Waals surface area contributed by atoms with Crippen molar-refractivity contribution in [2.24, 2.45) is 0 Å². The van der Waals surface area contributed by atoms with Crippen molar-refractivity contribution in [1.82, 2.24) is 4.90 Å². The lowest BCUT2D eigenvalue weighted by molar-refractivity contribution is 0.217. The number of ether oxygens (including phenoxy) is 2. The molecule has 1 aliphatic heterocycles. The summed E-state index contributed by atoms with van der Waals surface area (Å²) >= 11 is 2.15. The van der Waals surface area contributed by atoms with Gasteiger partial charge in [0, 0.05) is 19.7 Å². The van der Waals surface area contributed by atoms with E-state index in [2.05, 4.69) is 27.5 Å². The minimum absolute atomic E-state index is 0. The maximum absolute atomic E-state index is 13.2. The van der Waals surface area contributed by atoms with Crippen LogP contribution in [0.4, 0.5) is 0 Å². The maximum atomic E-state index is 13.2. The number of rotatable bonds is 6. The van der Waals surface area contributed by atoms with Gasteiger partial charge < -0.3 is 54.1 Å². The number of phenolic OH excluding ortho intramolecular Hbond substituents is 6. The van der Waals surface area contributed by atoms with Crippen LogP contribution in [0, 0.1) is 0 Å². The molecule has 0 bridgehead atoms. The van der Waals surface area contributed by atoms with Crippen molar-refractivity contribution in [1.29, 1.82) is 0 Å². The van der Waals surface area contributed by atoms with E-state index in [1.165, 1.54) is 63.5 Å². The highest BCUT2D eigenvalue weighted by atomic mass is 127. The van der Waals surface area contributed by atoms with Crippen LogP contribution < -0.4 is 20.3 Å². The number of piperidine rings is 1. The van der Waals surface area contributed by atoms with E-state index < -0.39 is 22.4 Å². The monoisotopic (exact) mass is 1090 g/mol. The average molecular weight is 1090 g/mol. The van der Waals surface area contributed by atoms with Crippen LogP contribution in [-0.4, -0.2) is 80.0 Å². The lowest BCUT2D eigenvalue weighted by Gasteiger charge is -2.27. The molecule has 3 heterocycles. The van der Waals surface area contributed by atoms with Gasteiger partial charge in [-0.3, -0.25) is 14.5 Å². The summed E-state index contributed by atoms with van der Waals surface area (Å²) in [5.41, 5.74) is 1.24.